The van der Waals surface area contributed by atoms with Crippen molar-refractivity contribution in [3.63, 3.8) is 0 Å². The van der Waals surface area contributed by atoms with E-state index < -0.39 is 4.92 Å². The number of anilines is 3. The van der Waals surface area contributed by atoms with Gasteiger partial charge in [0.15, 0.2) is 11.5 Å². The van der Waals surface area contributed by atoms with Crippen LogP contribution in [0, 0.1) is 17.0 Å². The third-order valence-electron chi connectivity index (χ3n) is 4.35. The monoisotopic (exact) mass is 413 g/mol. The molecule has 0 atom stereocenters. The van der Waals surface area contributed by atoms with Crippen LogP contribution in [-0.2, 0) is 6.54 Å². The van der Waals surface area contributed by atoms with Gasteiger partial charge in [0.1, 0.15) is 6.33 Å². The summed E-state index contributed by atoms with van der Waals surface area (Å²) in [5, 5.41) is 18.2. The molecule has 2 N–H and O–H groups in total. The molecule has 9 nitrogen and oxygen atoms in total. The maximum absolute atomic E-state index is 11.7. The predicted molar refractivity (Wildman–Crippen MR) is 108 cm³/mol. The van der Waals surface area contributed by atoms with Crippen LogP contribution in [0.1, 0.15) is 11.1 Å². The molecule has 2 aromatic carbocycles. The Balaban J connectivity index is 1.59. The van der Waals surface area contributed by atoms with Crippen molar-refractivity contribution < 1.29 is 14.4 Å². The van der Waals surface area contributed by atoms with Crippen LogP contribution >= 0.6 is 11.6 Å². The molecule has 148 valence electrons. The standard InChI is InChI=1S/C19H16ClN5O4/c1-11-2-4-13(20)7-14(11)24-19-17(25(26)27)18(22-9-23-19)21-8-12-3-5-15-16(6-12)29-10-28-15/h2-7,9H,8,10H2,1H3,(H2,21,22,23,24). The topological polar surface area (TPSA) is 111 Å². The molecule has 3 aromatic rings. The lowest BCUT2D eigenvalue weighted by atomic mass is 10.2. The largest absolute Gasteiger partial charge is 0.454 e. The molecule has 1 aliphatic rings. The van der Waals surface area contributed by atoms with E-state index in [1.807, 2.05) is 25.1 Å². The summed E-state index contributed by atoms with van der Waals surface area (Å²) in [7, 11) is 0. The molecule has 10 heteroatoms. The van der Waals surface area contributed by atoms with E-state index in [1.165, 1.54) is 6.33 Å². The maximum Gasteiger partial charge on any atom is 0.353 e. The molecule has 0 bridgehead atoms. The molecule has 0 radical (unpaired) electrons. The molecule has 0 spiro atoms. The fourth-order valence-electron chi connectivity index (χ4n) is 2.87. The van der Waals surface area contributed by atoms with Gasteiger partial charge in [0.25, 0.3) is 0 Å². The molecule has 0 saturated heterocycles. The Morgan fingerprint density at radius 3 is 2.76 bits per heavy atom. The van der Waals surface area contributed by atoms with Crippen LogP contribution in [0.5, 0.6) is 11.5 Å². The average Bonchev–Trinajstić information content (AvgIpc) is 3.17. The van der Waals surface area contributed by atoms with E-state index in [2.05, 4.69) is 20.6 Å². The SMILES string of the molecule is Cc1ccc(Cl)cc1Nc1ncnc(NCc2ccc3c(c2)OCO3)c1[N+](=O)[O-]. The van der Waals surface area contributed by atoms with Gasteiger partial charge in [-0.15, -0.1) is 0 Å². The highest BCUT2D eigenvalue weighted by molar-refractivity contribution is 6.30. The van der Waals surface area contributed by atoms with Crippen molar-refractivity contribution in [1.29, 1.82) is 0 Å². The zero-order valence-electron chi connectivity index (χ0n) is 15.3. The minimum Gasteiger partial charge on any atom is -0.454 e. The molecular weight excluding hydrogens is 398 g/mol. The molecule has 0 fully saturated rings. The fraction of sp³-hybridized carbons (Fsp3) is 0.158. The quantitative estimate of drug-likeness (QED) is 0.451. The number of rotatable bonds is 6. The lowest BCUT2D eigenvalue weighted by molar-refractivity contribution is -0.383. The van der Waals surface area contributed by atoms with Crippen molar-refractivity contribution in [2.45, 2.75) is 13.5 Å². The molecule has 0 unspecified atom stereocenters. The van der Waals surface area contributed by atoms with Crippen LogP contribution in [0.2, 0.25) is 5.02 Å². The van der Waals surface area contributed by atoms with E-state index >= 15 is 0 Å². The zero-order chi connectivity index (χ0) is 20.4. The molecule has 29 heavy (non-hydrogen) atoms. The first-order chi connectivity index (χ1) is 14.0. The minimum atomic E-state index is -0.524. The molecule has 1 aromatic heterocycles. The number of aryl methyl sites for hydroxylation is 1. The van der Waals surface area contributed by atoms with Gasteiger partial charge in [0.2, 0.25) is 18.4 Å². The Labute approximate surface area is 170 Å². The summed E-state index contributed by atoms with van der Waals surface area (Å²) in [6, 6.07) is 10.7. The Kier molecular flexibility index (Phi) is 5.05. The predicted octanol–water partition coefficient (Wildman–Crippen LogP) is 4.43. The summed E-state index contributed by atoms with van der Waals surface area (Å²) in [4.78, 5) is 19.3. The number of hydrogen-bond donors (Lipinski definition) is 2. The number of fused-ring (bicyclic) bond motifs is 1. The van der Waals surface area contributed by atoms with E-state index in [0.717, 1.165) is 11.1 Å². The van der Waals surface area contributed by atoms with Crippen LogP contribution in [-0.4, -0.2) is 21.7 Å². The van der Waals surface area contributed by atoms with E-state index in [4.69, 9.17) is 21.1 Å². The van der Waals surface area contributed by atoms with Gasteiger partial charge >= 0.3 is 5.69 Å². The first kappa shape index (κ1) is 18.8. The Hall–Kier alpha value is -3.59. The third kappa shape index (κ3) is 3.99. The van der Waals surface area contributed by atoms with E-state index in [9.17, 15) is 10.1 Å². The summed E-state index contributed by atoms with van der Waals surface area (Å²) in [6.45, 7) is 2.36. The van der Waals surface area contributed by atoms with Crippen molar-refractivity contribution in [1.82, 2.24) is 9.97 Å². The van der Waals surface area contributed by atoms with Crippen molar-refractivity contribution in [2.75, 3.05) is 17.4 Å². The summed E-state index contributed by atoms with van der Waals surface area (Å²) in [6.07, 6.45) is 1.26. The molecule has 2 heterocycles. The molecular formula is C19H16ClN5O4. The van der Waals surface area contributed by atoms with E-state index in [-0.39, 0.29) is 24.1 Å². The van der Waals surface area contributed by atoms with Crippen LogP contribution in [0.25, 0.3) is 0 Å². The Morgan fingerprint density at radius 1 is 1.14 bits per heavy atom. The fourth-order valence-corrected chi connectivity index (χ4v) is 3.04. The van der Waals surface area contributed by atoms with Crippen LogP contribution in [0.4, 0.5) is 23.0 Å². The molecule has 0 saturated carbocycles. The second-order valence-corrected chi connectivity index (χ2v) is 6.74. The summed E-state index contributed by atoms with van der Waals surface area (Å²) in [5.41, 5.74) is 2.10. The van der Waals surface area contributed by atoms with Gasteiger partial charge in [-0.1, -0.05) is 23.7 Å². The van der Waals surface area contributed by atoms with Gasteiger partial charge in [0, 0.05) is 17.3 Å². The molecule has 0 aliphatic carbocycles. The minimum absolute atomic E-state index is 0.0727. The van der Waals surface area contributed by atoms with Gasteiger partial charge < -0.3 is 20.1 Å². The number of halogens is 1. The smallest absolute Gasteiger partial charge is 0.353 e. The molecule has 0 amide bonds. The normalized spacial score (nSPS) is 11.9. The summed E-state index contributed by atoms with van der Waals surface area (Å²) in [5.74, 6) is 1.49. The van der Waals surface area contributed by atoms with E-state index in [0.29, 0.717) is 28.8 Å². The van der Waals surface area contributed by atoms with Gasteiger partial charge in [0.05, 0.1) is 4.92 Å². The van der Waals surface area contributed by atoms with Gasteiger partial charge in [-0.2, -0.15) is 0 Å². The molecule has 4 rings (SSSR count). The van der Waals surface area contributed by atoms with Crippen molar-refractivity contribution >= 4 is 34.6 Å². The second-order valence-electron chi connectivity index (χ2n) is 6.30. The van der Waals surface area contributed by atoms with Gasteiger partial charge in [-0.05, 0) is 42.3 Å². The van der Waals surface area contributed by atoms with Crippen molar-refractivity contribution in [3.05, 3.63) is 69.0 Å². The van der Waals surface area contributed by atoms with Gasteiger partial charge in [-0.25, -0.2) is 9.97 Å². The summed E-state index contributed by atoms with van der Waals surface area (Å²) < 4.78 is 10.6. The number of hydrogen-bond acceptors (Lipinski definition) is 8. The molecule has 1 aliphatic heterocycles. The second kappa shape index (κ2) is 7.80. The first-order valence-corrected chi connectivity index (χ1v) is 9.04. The highest BCUT2D eigenvalue weighted by Crippen LogP contribution is 2.35. The highest BCUT2D eigenvalue weighted by Gasteiger charge is 2.23. The Morgan fingerprint density at radius 2 is 1.93 bits per heavy atom. The third-order valence-corrected chi connectivity index (χ3v) is 4.59. The average molecular weight is 414 g/mol. The number of ether oxygens (including phenoxy) is 2. The lowest BCUT2D eigenvalue weighted by Gasteiger charge is -2.12. The summed E-state index contributed by atoms with van der Waals surface area (Å²) >= 11 is 6.04. The van der Waals surface area contributed by atoms with E-state index in [1.54, 1.807) is 18.2 Å². The first-order valence-electron chi connectivity index (χ1n) is 8.66. The number of aromatic nitrogens is 2. The number of nitro groups is 1. The zero-order valence-corrected chi connectivity index (χ0v) is 16.1. The van der Waals surface area contributed by atoms with Crippen LogP contribution in [0.3, 0.4) is 0 Å². The maximum atomic E-state index is 11.7. The number of benzene rings is 2. The Bertz CT molecular complexity index is 1090. The highest BCUT2D eigenvalue weighted by atomic mass is 35.5. The lowest BCUT2D eigenvalue weighted by Crippen LogP contribution is -2.08. The number of nitrogens with one attached hydrogen (secondary N) is 2. The van der Waals surface area contributed by atoms with Gasteiger partial charge in [-0.3, -0.25) is 10.1 Å². The van der Waals surface area contributed by atoms with Crippen molar-refractivity contribution in [2.24, 2.45) is 0 Å². The number of nitrogens with zero attached hydrogens (tertiary/aromatic N) is 3. The van der Waals surface area contributed by atoms with Crippen LogP contribution < -0.4 is 20.1 Å². The van der Waals surface area contributed by atoms with Crippen LogP contribution in [0.15, 0.2) is 42.7 Å². The van der Waals surface area contributed by atoms with Crippen molar-refractivity contribution in [3.8, 4) is 11.5 Å².